The number of benzene rings is 3. The highest BCUT2D eigenvalue weighted by Crippen LogP contribution is 2.50. The van der Waals surface area contributed by atoms with Crippen molar-refractivity contribution in [3.8, 4) is 33.8 Å². The number of aryl methyl sites for hydroxylation is 3. The quantitative estimate of drug-likeness (QED) is 0.0571. The lowest BCUT2D eigenvalue weighted by Crippen LogP contribution is -2.54. The summed E-state index contributed by atoms with van der Waals surface area (Å²) in [5, 5.41) is 20.5. The standard InChI is InChI=1S/C33H52FN3O5Si.C28H44FN3O4Si.C26H41FN4OSi.CH4O/c1-24-22-25(13-14-26(24)34)27-23-37(19-21-40-28-12-10-11-20-39-28)29(35-27)33(42-43(8,9)32(5,6)7)15-17-36(18-16-33)30(38)41-31(2,3)4;1-20-18-21(10-11-22(20)29)23-19-32(16-17-33)24(30-23)28(36-37(8,9)27(5,6)7)12-14-31(15-13-28)25(34)35-26(2,3)4;1-20-18-21(8-9-22(20)27)23-19-31(17-16-30-14-7-15-30)24(29-23)26(10-12-28-13-11-26)32-33(5,6)25(2,3)4;1-2/h13-14,22-23,28H,10-12,15-21H2,1-9H3;10-11,18-19,33H,12-17H2,1-9H3;8-9,18-19,28H,7,10-17H2,1-6H3;2H,1H3. The lowest BCUT2D eigenvalue weighted by molar-refractivity contribution is -0.163. The first-order chi connectivity index (χ1) is 53.5. The Hall–Kier alpha value is -6.09. The molecule has 115 heavy (non-hydrogen) atoms. The summed E-state index contributed by atoms with van der Waals surface area (Å²) >= 11 is 0. The zero-order valence-electron chi connectivity index (χ0n) is 74.4. The van der Waals surface area contributed by atoms with Gasteiger partial charge in [0.05, 0.1) is 30.3 Å². The Balaban J connectivity index is 0.000000215. The molecule has 642 valence electrons. The van der Waals surface area contributed by atoms with Crippen molar-refractivity contribution in [2.24, 2.45) is 0 Å². The number of carbonyl (C=O) groups is 2. The van der Waals surface area contributed by atoms with E-state index in [1.54, 1.807) is 47.9 Å². The number of aliphatic hydroxyl groups is 2. The van der Waals surface area contributed by atoms with Crippen LogP contribution in [0.2, 0.25) is 54.4 Å². The van der Waals surface area contributed by atoms with Crippen LogP contribution in [0.15, 0.2) is 73.2 Å². The molecule has 8 heterocycles. The summed E-state index contributed by atoms with van der Waals surface area (Å²) in [5.41, 5.74) is 3.82. The summed E-state index contributed by atoms with van der Waals surface area (Å²) in [6.45, 7) is 60.6. The van der Waals surface area contributed by atoms with Gasteiger partial charge in [0.1, 0.15) is 62.9 Å². The maximum absolute atomic E-state index is 14.2. The zero-order chi connectivity index (χ0) is 85.3. The fourth-order valence-electron chi connectivity index (χ4n) is 14.4. The zero-order valence-corrected chi connectivity index (χ0v) is 77.4. The number of amides is 2. The minimum absolute atomic E-state index is 0.0297. The van der Waals surface area contributed by atoms with E-state index in [2.05, 4.69) is 127 Å². The SMILES string of the molecule is CO.Cc1cc(-c2cn(CCN3CCC3)c(C3(O[Si](C)(C)C(C)(C)C)CCNCC3)n2)ccc1F.Cc1cc(-c2cn(CCO)c(C3(O[Si](C)(C)C(C)(C)C)CCN(C(=O)OC(C)(C)C)CC3)n2)ccc1F.Cc1cc(-c2cn(CCOC3CCCCO3)c(C3(O[Si](C)(C)C(C)(C)C)CCN(C(=O)OC(C)(C)C)CC3)n2)ccc1F. The van der Waals surface area contributed by atoms with Crippen molar-refractivity contribution < 1.29 is 65.2 Å². The summed E-state index contributed by atoms with van der Waals surface area (Å²) < 4.78 is 93.5. The van der Waals surface area contributed by atoms with E-state index in [0.29, 0.717) is 93.9 Å². The Kier molecular flexibility index (Phi) is 31.3. The molecule has 0 bridgehead atoms. The highest BCUT2D eigenvalue weighted by molar-refractivity contribution is 6.75. The predicted molar refractivity (Wildman–Crippen MR) is 459 cm³/mol. The summed E-state index contributed by atoms with van der Waals surface area (Å²) in [6, 6.07) is 15.4. The summed E-state index contributed by atoms with van der Waals surface area (Å²) in [5.74, 6) is 1.94. The van der Waals surface area contributed by atoms with E-state index in [-0.39, 0.29) is 57.6 Å². The van der Waals surface area contributed by atoms with Crippen LogP contribution in [0, 0.1) is 38.2 Å². The van der Waals surface area contributed by atoms with Crippen molar-refractivity contribution in [1.29, 1.82) is 0 Å². The molecule has 5 saturated heterocycles. The minimum Gasteiger partial charge on any atom is -0.444 e. The molecule has 5 aliphatic rings. The van der Waals surface area contributed by atoms with Crippen molar-refractivity contribution in [3.63, 3.8) is 0 Å². The molecule has 0 aliphatic carbocycles. The highest BCUT2D eigenvalue weighted by Gasteiger charge is 2.53. The van der Waals surface area contributed by atoms with E-state index < -0.39 is 53.0 Å². The van der Waals surface area contributed by atoms with Crippen LogP contribution in [0.25, 0.3) is 33.8 Å². The van der Waals surface area contributed by atoms with Gasteiger partial charge in [-0.15, -0.1) is 0 Å². The maximum Gasteiger partial charge on any atom is 0.410 e. The molecule has 0 radical (unpaired) electrons. The number of piperidine rings is 3. The number of imidazole rings is 3. The third-order valence-electron chi connectivity index (χ3n) is 24.3. The van der Waals surface area contributed by atoms with Gasteiger partial charge >= 0.3 is 12.2 Å². The molecule has 3 aromatic carbocycles. The molecule has 5 aliphatic heterocycles. The largest absolute Gasteiger partial charge is 0.444 e. The van der Waals surface area contributed by atoms with Crippen LogP contribution in [0.1, 0.15) is 202 Å². The Morgan fingerprint density at radius 1 is 0.496 bits per heavy atom. The van der Waals surface area contributed by atoms with Gasteiger partial charge in [-0.25, -0.2) is 37.7 Å². The van der Waals surface area contributed by atoms with Gasteiger partial charge < -0.3 is 76.2 Å². The third kappa shape index (κ3) is 24.1. The number of nitrogens with one attached hydrogen (secondary N) is 1. The predicted octanol–water partition coefficient (Wildman–Crippen LogP) is 18.9. The van der Waals surface area contributed by atoms with Gasteiger partial charge in [0, 0.05) is 127 Å². The summed E-state index contributed by atoms with van der Waals surface area (Å²) in [7, 11) is -5.60. The minimum atomic E-state index is -2.29. The number of hydrogen-bond acceptors (Lipinski definition) is 16. The molecule has 3 N–H and O–H groups in total. The number of likely N-dealkylation sites (tertiary alicyclic amines) is 3. The number of halogens is 3. The summed E-state index contributed by atoms with van der Waals surface area (Å²) in [4.78, 5) is 47.3. The monoisotopic (exact) mass is 1660 g/mol. The lowest BCUT2D eigenvalue weighted by Gasteiger charge is -2.48. The molecule has 6 aromatic rings. The van der Waals surface area contributed by atoms with Crippen LogP contribution in [0.3, 0.4) is 0 Å². The van der Waals surface area contributed by atoms with Gasteiger partial charge in [-0.05, 0) is 253 Å². The van der Waals surface area contributed by atoms with Crippen LogP contribution in [-0.2, 0) is 68.7 Å². The van der Waals surface area contributed by atoms with Crippen molar-refractivity contribution in [2.45, 2.75) is 297 Å². The van der Waals surface area contributed by atoms with Crippen LogP contribution in [0.5, 0.6) is 0 Å². The van der Waals surface area contributed by atoms with E-state index >= 15 is 0 Å². The average Bonchev–Trinajstić information content (AvgIpc) is 1.71. The van der Waals surface area contributed by atoms with Crippen molar-refractivity contribution in [3.05, 3.63) is 125 Å². The Morgan fingerprint density at radius 3 is 1.15 bits per heavy atom. The van der Waals surface area contributed by atoms with Crippen LogP contribution in [0.4, 0.5) is 22.8 Å². The van der Waals surface area contributed by atoms with E-state index in [1.807, 2.05) is 83.6 Å². The van der Waals surface area contributed by atoms with Gasteiger partial charge in [0.2, 0.25) is 0 Å². The van der Waals surface area contributed by atoms with Gasteiger partial charge in [0.25, 0.3) is 0 Å². The molecular weight excluding hydrogens is 1510 g/mol. The number of carbonyl (C=O) groups excluding carboxylic acids is 2. The van der Waals surface area contributed by atoms with E-state index in [1.165, 1.54) is 31.6 Å². The Bertz CT molecular complexity index is 4170. The fraction of sp³-hybridized carbons (Fsp3) is 0.670. The number of hydrogen-bond donors (Lipinski definition) is 3. The first kappa shape index (κ1) is 94.4. The fourth-order valence-corrected chi connectivity index (χ4v) is 19.1. The van der Waals surface area contributed by atoms with E-state index in [9.17, 15) is 27.9 Å². The average molecular weight is 1660 g/mol. The summed E-state index contributed by atoms with van der Waals surface area (Å²) in [6.07, 6.45) is 13.8. The second-order valence-corrected chi connectivity index (χ2v) is 52.8. The molecule has 3 aromatic heterocycles. The number of rotatable bonds is 21. The molecule has 11 rings (SSSR count). The molecule has 0 saturated carbocycles. The topological polar surface area (TPSA) is 214 Å². The van der Waals surface area contributed by atoms with Crippen LogP contribution >= 0.6 is 0 Å². The van der Waals surface area contributed by atoms with Crippen LogP contribution in [-0.4, -0.2) is 194 Å². The van der Waals surface area contributed by atoms with Crippen molar-refractivity contribution in [2.75, 3.05) is 85.8 Å². The number of ether oxygens (including phenoxy) is 4. The van der Waals surface area contributed by atoms with E-state index in [4.69, 9.17) is 52.3 Å². The van der Waals surface area contributed by atoms with E-state index in [0.717, 1.165) is 118 Å². The molecule has 0 spiro atoms. The Labute approximate surface area is 688 Å². The number of aliphatic hydroxyl groups excluding tert-OH is 2. The van der Waals surface area contributed by atoms with Gasteiger partial charge in [0.15, 0.2) is 31.2 Å². The van der Waals surface area contributed by atoms with Gasteiger partial charge in [-0.1, -0.05) is 62.3 Å². The first-order valence-electron chi connectivity index (χ1n) is 41.8. The van der Waals surface area contributed by atoms with Crippen molar-refractivity contribution in [1.82, 2.24) is 48.7 Å². The third-order valence-corrected chi connectivity index (χ3v) is 37.8. The van der Waals surface area contributed by atoms with Gasteiger partial charge in [-0.2, -0.15) is 0 Å². The number of nitrogens with zero attached hydrogens (tertiary/aromatic N) is 9. The molecule has 2 amide bonds. The first-order valence-corrected chi connectivity index (χ1v) is 50.5. The smallest absolute Gasteiger partial charge is 0.410 e. The molecule has 21 nitrogen and oxygen atoms in total. The van der Waals surface area contributed by atoms with Crippen molar-refractivity contribution >= 4 is 37.1 Å². The molecule has 1 atom stereocenters. The van der Waals surface area contributed by atoms with Gasteiger partial charge in [-0.3, -0.25) is 0 Å². The molecule has 5 fully saturated rings. The maximum atomic E-state index is 14.2. The Morgan fingerprint density at radius 2 is 0.843 bits per heavy atom. The molecule has 1 unspecified atom stereocenters. The molecular formula is C88H141F3N10O11Si3. The number of aromatic nitrogens is 6. The normalized spacial score (nSPS) is 18.4. The lowest BCUT2D eigenvalue weighted by atomic mass is 9.90. The highest BCUT2D eigenvalue weighted by atomic mass is 28.4. The molecule has 27 heteroatoms. The second-order valence-electron chi connectivity index (χ2n) is 38.7. The van der Waals surface area contributed by atoms with Crippen LogP contribution < -0.4 is 5.32 Å². The second kappa shape index (κ2) is 38.1.